The van der Waals surface area contributed by atoms with Crippen LogP contribution in [0.2, 0.25) is 0 Å². The number of piperidine rings is 2. The Labute approximate surface area is 86.7 Å². The fourth-order valence-corrected chi connectivity index (χ4v) is 2.69. The van der Waals surface area contributed by atoms with Gasteiger partial charge in [-0.3, -0.25) is 4.90 Å². The fraction of sp³-hybridized carbons (Fsp3) is 1.00. The standard InChI is InChI=1S/C11H22N2O/c1-12-8-5-10(6-9-12)13-7-3-2-4-11(13)14/h10-11,14H,2-9H2,1H3. The summed E-state index contributed by atoms with van der Waals surface area (Å²) in [4.78, 5) is 4.71. The topological polar surface area (TPSA) is 26.7 Å². The second kappa shape index (κ2) is 4.60. The zero-order chi connectivity index (χ0) is 9.97. The summed E-state index contributed by atoms with van der Waals surface area (Å²) in [6.45, 7) is 3.48. The van der Waals surface area contributed by atoms with Crippen LogP contribution in [0.3, 0.4) is 0 Å². The lowest BCUT2D eigenvalue weighted by molar-refractivity contribution is -0.0620. The van der Waals surface area contributed by atoms with Gasteiger partial charge in [-0.05, 0) is 52.2 Å². The molecule has 0 aromatic rings. The maximum atomic E-state index is 9.90. The van der Waals surface area contributed by atoms with E-state index in [4.69, 9.17) is 0 Å². The Hall–Kier alpha value is -0.120. The highest BCUT2D eigenvalue weighted by molar-refractivity contribution is 4.82. The number of aliphatic hydroxyl groups excluding tert-OH is 1. The average molecular weight is 198 g/mol. The van der Waals surface area contributed by atoms with Crippen LogP contribution in [-0.4, -0.2) is 53.9 Å². The van der Waals surface area contributed by atoms with E-state index in [2.05, 4.69) is 16.8 Å². The Balaban J connectivity index is 1.87. The Kier molecular flexibility index (Phi) is 3.42. The molecule has 0 aromatic carbocycles. The lowest BCUT2D eigenvalue weighted by Gasteiger charge is -2.41. The zero-order valence-corrected chi connectivity index (χ0v) is 9.15. The normalized spacial score (nSPS) is 33.4. The van der Waals surface area contributed by atoms with Crippen molar-refractivity contribution in [1.82, 2.24) is 9.80 Å². The fourth-order valence-electron chi connectivity index (χ4n) is 2.69. The molecule has 0 saturated carbocycles. The van der Waals surface area contributed by atoms with Crippen LogP contribution in [0, 0.1) is 0 Å². The van der Waals surface area contributed by atoms with Crippen LogP contribution in [0.4, 0.5) is 0 Å². The van der Waals surface area contributed by atoms with Gasteiger partial charge in [-0.25, -0.2) is 0 Å². The minimum Gasteiger partial charge on any atom is -0.378 e. The molecule has 1 N–H and O–H groups in total. The third-order valence-electron chi connectivity index (χ3n) is 3.67. The van der Waals surface area contributed by atoms with Crippen LogP contribution in [0.1, 0.15) is 32.1 Å². The Morgan fingerprint density at radius 2 is 1.71 bits per heavy atom. The van der Waals surface area contributed by atoms with Crippen molar-refractivity contribution in [1.29, 1.82) is 0 Å². The monoisotopic (exact) mass is 198 g/mol. The van der Waals surface area contributed by atoms with Crippen molar-refractivity contribution in [3.63, 3.8) is 0 Å². The van der Waals surface area contributed by atoms with Gasteiger partial charge in [0.1, 0.15) is 6.23 Å². The predicted octanol–water partition coefficient (Wildman–Crippen LogP) is 0.885. The van der Waals surface area contributed by atoms with Crippen molar-refractivity contribution in [3.8, 4) is 0 Å². The first-order valence-electron chi connectivity index (χ1n) is 5.90. The van der Waals surface area contributed by atoms with E-state index >= 15 is 0 Å². The Morgan fingerprint density at radius 1 is 1.00 bits per heavy atom. The molecule has 2 fully saturated rings. The van der Waals surface area contributed by atoms with Crippen LogP contribution in [0.5, 0.6) is 0 Å². The molecule has 0 spiro atoms. The molecule has 0 aromatic heterocycles. The molecule has 2 aliphatic heterocycles. The first kappa shape index (κ1) is 10.4. The van der Waals surface area contributed by atoms with Crippen LogP contribution >= 0.6 is 0 Å². The summed E-state index contributed by atoms with van der Waals surface area (Å²) in [5.74, 6) is 0. The molecule has 0 radical (unpaired) electrons. The van der Waals surface area contributed by atoms with E-state index in [-0.39, 0.29) is 6.23 Å². The maximum absolute atomic E-state index is 9.90. The molecule has 1 unspecified atom stereocenters. The van der Waals surface area contributed by atoms with Crippen molar-refractivity contribution in [2.24, 2.45) is 0 Å². The van der Waals surface area contributed by atoms with E-state index in [9.17, 15) is 5.11 Å². The second-order valence-corrected chi connectivity index (χ2v) is 4.75. The van der Waals surface area contributed by atoms with Crippen LogP contribution < -0.4 is 0 Å². The molecule has 3 nitrogen and oxygen atoms in total. The van der Waals surface area contributed by atoms with E-state index in [1.54, 1.807) is 0 Å². The first-order chi connectivity index (χ1) is 6.77. The van der Waals surface area contributed by atoms with Gasteiger partial charge in [0.25, 0.3) is 0 Å². The summed E-state index contributed by atoms with van der Waals surface area (Å²) in [5, 5.41) is 9.90. The van der Waals surface area contributed by atoms with E-state index < -0.39 is 0 Å². The summed E-state index contributed by atoms with van der Waals surface area (Å²) in [7, 11) is 2.18. The van der Waals surface area contributed by atoms with Crippen molar-refractivity contribution in [2.75, 3.05) is 26.7 Å². The van der Waals surface area contributed by atoms with Gasteiger partial charge in [-0.1, -0.05) is 0 Å². The van der Waals surface area contributed by atoms with Crippen molar-refractivity contribution in [2.45, 2.75) is 44.4 Å². The van der Waals surface area contributed by atoms with Crippen molar-refractivity contribution >= 4 is 0 Å². The average Bonchev–Trinajstić information content (AvgIpc) is 2.20. The van der Waals surface area contributed by atoms with Gasteiger partial charge in [-0.15, -0.1) is 0 Å². The third-order valence-corrected chi connectivity index (χ3v) is 3.67. The van der Waals surface area contributed by atoms with E-state index in [0.29, 0.717) is 6.04 Å². The molecule has 3 heteroatoms. The molecule has 0 bridgehead atoms. The van der Waals surface area contributed by atoms with Gasteiger partial charge in [-0.2, -0.15) is 0 Å². The molecule has 2 aliphatic rings. The number of rotatable bonds is 1. The Morgan fingerprint density at radius 3 is 2.36 bits per heavy atom. The minimum absolute atomic E-state index is 0.155. The van der Waals surface area contributed by atoms with Crippen LogP contribution in [0.15, 0.2) is 0 Å². The van der Waals surface area contributed by atoms with Crippen LogP contribution in [-0.2, 0) is 0 Å². The van der Waals surface area contributed by atoms with Crippen molar-refractivity contribution < 1.29 is 5.11 Å². The molecular formula is C11H22N2O. The smallest absolute Gasteiger partial charge is 0.107 e. The highest BCUT2D eigenvalue weighted by atomic mass is 16.3. The molecule has 1 atom stereocenters. The molecule has 2 saturated heterocycles. The van der Waals surface area contributed by atoms with Crippen molar-refractivity contribution in [3.05, 3.63) is 0 Å². The highest BCUT2D eigenvalue weighted by Gasteiger charge is 2.29. The molecule has 2 heterocycles. The minimum atomic E-state index is -0.155. The van der Waals surface area contributed by atoms with Gasteiger partial charge in [0.2, 0.25) is 0 Å². The quantitative estimate of drug-likeness (QED) is 0.678. The SMILES string of the molecule is CN1CCC(N2CCCCC2O)CC1. The van der Waals surface area contributed by atoms with Gasteiger partial charge < -0.3 is 10.0 Å². The number of nitrogens with zero attached hydrogens (tertiary/aromatic N) is 2. The highest BCUT2D eigenvalue weighted by Crippen LogP contribution is 2.23. The number of likely N-dealkylation sites (tertiary alicyclic amines) is 2. The summed E-state index contributed by atoms with van der Waals surface area (Å²) in [6.07, 6.45) is 5.75. The maximum Gasteiger partial charge on any atom is 0.107 e. The third kappa shape index (κ3) is 2.27. The molecule has 2 rings (SSSR count). The van der Waals surface area contributed by atoms with Gasteiger partial charge in [0.15, 0.2) is 0 Å². The van der Waals surface area contributed by atoms with Gasteiger partial charge in [0, 0.05) is 12.6 Å². The van der Waals surface area contributed by atoms with Gasteiger partial charge in [0.05, 0.1) is 0 Å². The number of hydrogen-bond acceptors (Lipinski definition) is 3. The summed E-state index contributed by atoms with van der Waals surface area (Å²) >= 11 is 0. The lowest BCUT2D eigenvalue weighted by atomic mass is 9.99. The summed E-state index contributed by atoms with van der Waals surface area (Å²) < 4.78 is 0. The Bertz CT molecular complexity index is 178. The molecule has 14 heavy (non-hydrogen) atoms. The second-order valence-electron chi connectivity index (χ2n) is 4.75. The summed E-state index contributed by atoms with van der Waals surface area (Å²) in [6, 6.07) is 0.640. The molecular weight excluding hydrogens is 176 g/mol. The van der Waals surface area contributed by atoms with Crippen LogP contribution in [0.25, 0.3) is 0 Å². The molecule has 0 aliphatic carbocycles. The van der Waals surface area contributed by atoms with E-state index in [1.807, 2.05) is 0 Å². The summed E-state index contributed by atoms with van der Waals surface area (Å²) in [5.41, 5.74) is 0. The number of hydrogen-bond donors (Lipinski definition) is 1. The predicted molar refractivity (Wildman–Crippen MR) is 57.1 cm³/mol. The van der Waals surface area contributed by atoms with E-state index in [1.165, 1.54) is 38.8 Å². The zero-order valence-electron chi connectivity index (χ0n) is 9.15. The molecule has 0 amide bonds. The number of aliphatic hydroxyl groups is 1. The lowest BCUT2D eigenvalue weighted by Crippen LogP contribution is -2.50. The van der Waals surface area contributed by atoms with E-state index in [0.717, 1.165) is 13.0 Å². The molecule has 82 valence electrons. The largest absolute Gasteiger partial charge is 0.378 e. The van der Waals surface area contributed by atoms with Gasteiger partial charge >= 0.3 is 0 Å². The first-order valence-corrected chi connectivity index (χ1v) is 5.90.